The van der Waals surface area contributed by atoms with Gasteiger partial charge in [-0.1, -0.05) is 12.5 Å². The number of aromatic amines is 1. The predicted molar refractivity (Wildman–Crippen MR) is 101 cm³/mol. The number of benzene rings is 1. The summed E-state index contributed by atoms with van der Waals surface area (Å²) < 4.78 is 5.73. The number of primary amides is 1. The van der Waals surface area contributed by atoms with Crippen molar-refractivity contribution in [2.24, 2.45) is 5.73 Å². The molecule has 2 atom stereocenters. The molecule has 0 spiro atoms. The molecule has 2 aliphatic rings. The van der Waals surface area contributed by atoms with E-state index in [-0.39, 0.29) is 24.0 Å². The van der Waals surface area contributed by atoms with Crippen LogP contribution in [0.1, 0.15) is 67.0 Å². The van der Waals surface area contributed by atoms with Gasteiger partial charge in [-0.2, -0.15) is 0 Å². The Morgan fingerprint density at radius 2 is 1.96 bits per heavy atom. The number of H-pyrrole nitrogens is 1. The lowest BCUT2D eigenvalue weighted by Gasteiger charge is -2.30. The van der Waals surface area contributed by atoms with Crippen LogP contribution >= 0.6 is 0 Å². The van der Waals surface area contributed by atoms with Crippen LogP contribution in [0.25, 0.3) is 11.0 Å². The summed E-state index contributed by atoms with van der Waals surface area (Å²) in [5.74, 6) is 0.275. The third-order valence-corrected chi connectivity index (χ3v) is 5.71. The first kappa shape index (κ1) is 18.0. The minimum atomic E-state index is -0.488. The molecule has 1 saturated heterocycles. The molecule has 0 radical (unpaired) electrons. The van der Waals surface area contributed by atoms with Crippen molar-refractivity contribution in [3.05, 3.63) is 29.6 Å². The van der Waals surface area contributed by atoms with Gasteiger partial charge in [0.25, 0.3) is 5.91 Å². The van der Waals surface area contributed by atoms with E-state index in [0.717, 1.165) is 50.0 Å². The smallest absolute Gasteiger partial charge is 0.323 e. The normalized spacial score (nSPS) is 24.0. The molecule has 1 aromatic carbocycles. The first-order chi connectivity index (χ1) is 13.1. The summed E-state index contributed by atoms with van der Waals surface area (Å²) >= 11 is 0. The van der Waals surface area contributed by atoms with Gasteiger partial charge in [-0.3, -0.25) is 9.59 Å². The first-order valence-corrected chi connectivity index (χ1v) is 9.84. The maximum Gasteiger partial charge on any atom is 0.323 e. The molecule has 7 heteroatoms. The molecule has 2 heterocycles. The van der Waals surface area contributed by atoms with E-state index < -0.39 is 5.91 Å². The molecule has 7 nitrogen and oxygen atoms in total. The van der Waals surface area contributed by atoms with Gasteiger partial charge in [0.15, 0.2) is 0 Å². The summed E-state index contributed by atoms with van der Waals surface area (Å²) in [5.41, 5.74) is 7.26. The third kappa shape index (κ3) is 3.83. The van der Waals surface area contributed by atoms with Crippen molar-refractivity contribution in [2.45, 2.75) is 63.0 Å². The summed E-state index contributed by atoms with van der Waals surface area (Å²) in [6.45, 7) is 0.731. The summed E-state index contributed by atoms with van der Waals surface area (Å²) in [6, 6.07) is 5.04. The number of esters is 1. The minimum absolute atomic E-state index is 0.0674. The van der Waals surface area contributed by atoms with Crippen molar-refractivity contribution in [3.63, 3.8) is 0 Å². The van der Waals surface area contributed by atoms with Crippen LogP contribution in [0.5, 0.6) is 0 Å². The molecule has 2 unspecified atom stereocenters. The monoisotopic (exact) mass is 370 g/mol. The van der Waals surface area contributed by atoms with Crippen LogP contribution in [0.3, 0.4) is 0 Å². The minimum Gasteiger partial charge on any atom is -0.461 e. The topological polar surface area (TPSA) is 110 Å². The molecule has 27 heavy (non-hydrogen) atoms. The average Bonchev–Trinajstić information content (AvgIpc) is 3.13. The molecule has 1 aromatic heterocycles. The largest absolute Gasteiger partial charge is 0.461 e. The maximum atomic E-state index is 12.6. The second-order valence-electron chi connectivity index (χ2n) is 7.61. The molecule has 1 amide bonds. The van der Waals surface area contributed by atoms with Gasteiger partial charge in [0.1, 0.15) is 23.5 Å². The zero-order valence-corrected chi connectivity index (χ0v) is 15.4. The number of para-hydroxylation sites is 1. The number of amides is 1. The van der Waals surface area contributed by atoms with Crippen molar-refractivity contribution in [2.75, 3.05) is 6.54 Å². The number of nitrogens with one attached hydrogen (secondary N) is 2. The van der Waals surface area contributed by atoms with Gasteiger partial charge in [-0.05, 0) is 57.2 Å². The van der Waals surface area contributed by atoms with Gasteiger partial charge in [0.05, 0.1) is 11.1 Å². The van der Waals surface area contributed by atoms with Gasteiger partial charge < -0.3 is 20.8 Å². The lowest BCUT2D eigenvalue weighted by atomic mass is 9.91. The van der Waals surface area contributed by atoms with Crippen LogP contribution in [0.4, 0.5) is 0 Å². The van der Waals surface area contributed by atoms with Gasteiger partial charge >= 0.3 is 5.97 Å². The second kappa shape index (κ2) is 7.68. The molecular formula is C20H26N4O3. The third-order valence-electron chi connectivity index (χ3n) is 5.71. The Morgan fingerprint density at radius 3 is 2.74 bits per heavy atom. The molecule has 1 aliphatic heterocycles. The van der Waals surface area contributed by atoms with Crippen LogP contribution in [-0.2, 0) is 9.53 Å². The molecule has 2 fully saturated rings. The highest BCUT2D eigenvalue weighted by Gasteiger charge is 2.32. The standard InChI is InChI=1S/C20H26N4O3/c21-18(25)14-7-4-8-15-17(14)24-19(23-15)12-9-10-22-16(11-12)20(26)27-13-5-2-1-3-6-13/h4,7-8,12-13,16,22H,1-3,5-6,9-11H2,(H2,21,25)(H,23,24). The Hall–Kier alpha value is -2.41. The average molecular weight is 370 g/mol. The lowest BCUT2D eigenvalue weighted by Crippen LogP contribution is -2.45. The van der Waals surface area contributed by atoms with Gasteiger partial charge in [0.2, 0.25) is 0 Å². The Bertz CT molecular complexity index is 841. The Morgan fingerprint density at radius 1 is 1.15 bits per heavy atom. The fraction of sp³-hybridized carbons (Fsp3) is 0.550. The molecule has 4 rings (SSSR count). The maximum absolute atomic E-state index is 12.6. The van der Waals surface area contributed by atoms with Gasteiger partial charge in [-0.15, -0.1) is 0 Å². The van der Waals surface area contributed by atoms with Crippen LogP contribution in [0, 0.1) is 0 Å². The summed E-state index contributed by atoms with van der Waals surface area (Å²) in [6.07, 6.45) is 7.04. The summed E-state index contributed by atoms with van der Waals surface area (Å²) in [4.78, 5) is 32.1. The number of nitrogens with two attached hydrogens (primary N) is 1. The first-order valence-electron chi connectivity index (χ1n) is 9.84. The summed E-state index contributed by atoms with van der Waals surface area (Å²) in [7, 11) is 0. The molecule has 1 aliphatic carbocycles. The predicted octanol–water partition coefficient (Wildman–Crippen LogP) is 2.37. The molecule has 4 N–H and O–H groups in total. The molecule has 0 bridgehead atoms. The highest BCUT2D eigenvalue weighted by atomic mass is 16.5. The highest BCUT2D eigenvalue weighted by molar-refractivity contribution is 6.04. The van der Waals surface area contributed by atoms with Crippen molar-refractivity contribution >= 4 is 22.9 Å². The fourth-order valence-corrected chi connectivity index (χ4v) is 4.22. The van der Waals surface area contributed by atoms with E-state index in [1.165, 1.54) is 6.42 Å². The number of ether oxygens (including phenoxy) is 1. The lowest BCUT2D eigenvalue weighted by molar-refractivity contribution is -0.153. The number of carbonyl (C=O) groups excluding carboxylic acids is 2. The molecular weight excluding hydrogens is 344 g/mol. The van der Waals surface area contributed by atoms with Gasteiger partial charge in [0, 0.05) is 5.92 Å². The van der Waals surface area contributed by atoms with E-state index in [9.17, 15) is 9.59 Å². The van der Waals surface area contributed by atoms with E-state index >= 15 is 0 Å². The number of carbonyl (C=O) groups is 2. The fourth-order valence-electron chi connectivity index (χ4n) is 4.22. The van der Waals surface area contributed by atoms with Crippen LogP contribution in [-0.4, -0.2) is 40.5 Å². The quantitative estimate of drug-likeness (QED) is 0.716. The SMILES string of the molecule is NC(=O)c1cccc2[nH]c(C3CCNC(C(=O)OC4CCCCC4)C3)nc12. The number of nitrogens with zero attached hydrogens (tertiary/aromatic N) is 1. The zero-order chi connectivity index (χ0) is 18.8. The molecule has 2 aromatic rings. The van der Waals surface area contributed by atoms with Crippen molar-refractivity contribution in [1.82, 2.24) is 15.3 Å². The zero-order valence-electron chi connectivity index (χ0n) is 15.4. The number of hydrogen-bond donors (Lipinski definition) is 3. The van der Waals surface area contributed by atoms with E-state index in [4.69, 9.17) is 10.5 Å². The van der Waals surface area contributed by atoms with Crippen molar-refractivity contribution in [3.8, 4) is 0 Å². The van der Waals surface area contributed by atoms with E-state index in [1.54, 1.807) is 12.1 Å². The number of fused-ring (bicyclic) bond motifs is 1. The highest BCUT2D eigenvalue weighted by Crippen LogP contribution is 2.29. The Balaban J connectivity index is 1.48. The van der Waals surface area contributed by atoms with E-state index in [1.807, 2.05) is 6.07 Å². The van der Waals surface area contributed by atoms with E-state index in [0.29, 0.717) is 17.5 Å². The molecule has 1 saturated carbocycles. The Labute approximate surface area is 158 Å². The van der Waals surface area contributed by atoms with Crippen molar-refractivity contribution in [1.29, 1.82) is 0 Å². The van der Waals surface area contributed by atoms with Crippen LogP contribution < -0.4 is 11.1 Å². The Kier molecular flexibility index (Phi) is 5.11. The summed E-state index contributed by atoms with van der Waals surface area (Å²) in [5, 5.41) is 3.28. The number of hydrogen-bond acceptors (Lipinski definition) is 5. The second-order valence-corrected chi connectivity index (χ2v) is 7.61. The van der Waals surface area contributed by atoms with E-state index in [2.05, 4.69) is 15.3 Å². The molecule has 144 valence electrons. The van der Waals surface area contributed by atoms with Crippen LogP contribution in [0.15, 0.2) is 18.2 Å². The van der Waals surface area contributed by atoms with Crippen molar-refractivity contribution < 1.29 is 14.3 Å². The number of piperidine rings is 1. The number of aromatic nitrogens is 2. The van der Waals surface area contributed by atoms with Gasteiger partial charge in [-0.25, -0.2) is 4.98 Å². The van der Waals surface area contributed by atoms with Crippen LogP contribution in [0.2, 0.25) is 0 Å². The number of imidazole rings is 1. The number of rotatable bonds is 4.